The summed E-state index contributed by atoms with van der Waals surface area (Å²) in [5, 5.41) is 10.7. The van der Waals surface area contributed by atoms with E-state index >= 15 is 0 Å². The normalized spacial score (nSPS) is 15.7. The lowest BCUT2D eigenvalue weighted by molar-refractivity contribution is 0.500. The van der Waals surface area contributed by atoms with Gasteiger partial charge in [0.2, 0.25) is 0 Å². The van der Waals surface area contributed by atoms with Crippen molar-refractivity contribution in [1.29, 1.82) is 5.26 Å². The summed E-state index contributed by atoms with van der Waals surface area (Å²) in [6.45, 7) is 4.28. The van der Waals surface area contributed by atoms with Crippen molar-refractivity contribution in [1.82, 2.24) is 4.57 Å². The molecule has 0 N–H and O–H groups in total. The first-order valence-electron chi connectivity index (χ1n) is 8.27. The molecule has 0 bridgehead atoms. The molecular weight excluding hydrogens is 339 g/mol. The maximum Gasteiger partial charge on any atom is 0.0998 e. The molecule has 2 nitrogen and oxygen atoms in total. The van der Waals surface area contributed by atoms with Crippen LogP contribution in [0.25, 0.3) is 11.6 Å². The lowest BCUT2D eigenvalue weighted by Gasteiger charge is -2.17. The van der Waals surface area contributed by atoms with Crippen molar-refractivity contribution < 1.29 is 0 Å². The second-order valence-electron chi connectivity index (χ2n) is 6.43. The molecule has 0 atom stereocenters. The second kappa shape index (κ2) is 7.05. The Labute approximate surface area is 153 Å². The molecule has 1 aliphatic rings. The van der Waals surface area contributed by atoms with Gasteiger partial charge in [-0.05, 0) is 56.5 Å². The topological polar surface area (TPSA) is 28.7 Å². The highest BCUT2D eigenvalue weighted by atomic mass is 35.5. The molecule has 0 amide bonds. The Morgan fingerprint density at radius 2 is 1.92 bits per heavy atom. The van der Waals surface area contributed by atoms with E-state index in [4.69, 9.17) is 23.2 Å². The summed E-state index contributed by atoms with van der Waals surface area (Å²) in [5.74, 6) is 0. The third kappa shape index (κ3) is 3.24. The van der Waals surface area contributed by atoms with E-state index in [9.17, 15) is 5.26 Å². The first-order valence-corrected chi connectivity index (χ1v) is 9.02. The predicted molar refractivity (Wildman–Crippen MR) is 101 cm³/mol. The first kappa shape index (κ1) is 17.1. The van der Waals surface area contributed by atoms with E-state index in [-0.39, 0.29) is 0 Å². The summed E-state index contributed by atoms with van der Waals surface area (Å²) in [6.07, 6.45) is 7.03. The molecule has 0 aliphatic heterocycles. The Morgan fingerprint density at radius 1 is 1.21 bits per heavy atom. The molecule has 1 aliphatic carbocycles. The number of allylic oxidation sites excluding steroid dienone is 1. The molecule has 4 heteroatoms. The van der Waals surface area contributed by atoms with Gasteiger partial charge in [-0.2, -0.15) is 5.26 Å². The van der Waals surface area contributed by atoms with E-state index in [1.807, 2.05) is 6.08 Å². The summed E-state index contributed by atoms with van der Waals surface area (Å²) in [7, 11) is 0. The van der Waals surface area contributed by atoms with Crippen molar-refractivity contribution in [3.63, 3.8) is 0 Å². The fourth-order valence-corrected chi connectivity index (χ4v) is 4.22. The maximum absolute atomic E-state index is 9.60. The molecular formula is C20H20Cl2N2. The number of hydrogen-bond acceptors (Lipinski definition) is 1. The van der Waals surface area contributed by atoms with Crippen molar-refractivity contribution in [3.8, 4) is 6.07 Å². The third-order valence-electron chi connectivity index (χ3n) is 4.85. The zero-order chi connectivity index (χ0) is 17.3. The number of nitrogens with zero attached hydrogens (tertiary/aromatic N) is 2. The molecule has 0 saturated heterocycles. The third-order valence-corrected chi connectivity index (χ3v) is 5.40. The van der Waals surface area contributed by atoms with Crippen molar-refractivity contribution in [3.05, 3.63) is 56.8 Å². The number of hydrogen-bond donors (Lipinski definition) is 0. The van der Waals surface area contributed by atoms with Gasteiger partial charge in [-0.25, -0.2) is 0 Å². The number of benzene rings is 1. The Bertz CT molecular complexity index is 834. The van der Waals surface area contributed by atoms with Crippen molar-refractivity contribution in [2.45, 2.75) is 45.6 Å². The number of nitriles is 1. The quantitative estimate of drug-likeness (QED) is 0.568. The SMILES string of the molecule is Cc1cc(/C=C(/C#N)c2ccc(Cl)cc2Cl)c(C)n1C1CCCC1. The number of rotatable bonds is 3. The van der Waals surface area contributed by atoms with Gasteiger partial charge >= 0.3 is 0 Å². The lowest BCUT2D eigenvalue weighted by atomic mass is 10.0. The zero-order valence-electron chi connectivity index (χ0n) is 13.9. The van der Waals surface area contributed by atoms with Crippen LogP contribution >= 0.6 is 23.2 Å². The fraction of sp³-hybridized carbons (Fsp3) is 0.350. The van der Waals surface area contributed by atoms with Gasteiger partial charge in [-0.15, -0.1) is 0 Å². The van der Waals surface area contributed by atoms with Gasteiger partial charge in [0, 0.05) is 28.0 Å². The van der Waals surface area contributed by atoms with Gasteiger partial charge in [0.1, 0.15) is 0 Å². The largest absolute Gasteiger partial charge is 0.346 e. The zero-order valence-corrected chi connectivity index (χ0v) is 15.5. The highest BCUT2D eigenvalue weighted by Crippen LogP contribution is 2.35. The average Bonchev–Trinajstić information content (AvgIpc) is 3.14. The minimum absolute atomic E-state index is 0.500. The molecule has 1 heterocycles. The highest BCUT2D eigenvalue weighted by Gasteiger charge is 2.21. The van der Waals surface area contributed by atoms with Crippen LogP contribution in [0, 0.1) is 25.2 Å². The molecule has 3 rings (SSSR count). The van der Waals surface area contributed by atoms with Crippen LogP contribution < -0.4 is 0 Å². The minimum Gasteiger partial charge on any atom is -0.346 e. The van der Waals surface area contributed by atoms with E-state index in [2.05, 4.69) is 30.6 Å². The van der Waals surface area contributed by atoms with Gasteiger partial charge in [-0.3, -0.25) is 0 Å². The molecule has 1 saturated carbocycles. The van der Waals surface area contributed by atoms with E-state index in [0.717, 1.165) is 5.56 Å². The molecule has 24 heavy (non-hydrogen) atoms. The summed E-state index contributed by atoms with van der Waals surface area (Å²) < 4.78 is 2.43. The minimum atomic E-state index is 0.500. The number of halogens is 2. The summed E-state index contributed by atoms with van der Waals surface area (Å²) in [6, 6.07) is 10.3. The summed E-state index contributed by atoms with van der Waals surface area (Å²) >= 11 is 12.2. The Kier molecular flexibility index (Phi) is 5.04. The van der Waals surface area contributed by atoms with E-state index in [1.54, 1.807) is 18.2 Å². The Balaban J connectivity index is 2.03. The molecule has 124 valence electrons. The molecule has 2 aromatic rings. The van der Waals surface area contributed by atoms with Gasteiger partial charge < -0.3 is 4.57 Å². The van der Waals surface area contributed by atoms with Gasteiger partial charge in [-0.1, -0.05) is 42.1 Å². The van der Waals surface area contributed by atoms with Gasteiger partial charge in [0.15, 0.2) is 0 Å². The molecule has 1 fully saturated rings. The first-order chi connectivity index (χ1) is 11.5. The molecule has 0 spiro atoms. The van der Waals surface area contributed by atoms with Crippen LogP contribution in [0.2, 0.25) is 10.0 Å². The Hall–Kier alpha value is -1.69. The van der Waals surface area contributed by atoms with Crippen molar-refractivity contribution in [2.24, 2.45) is 0 Å². The average molecular weight is 359 g/mol. The van der Waals surface area contributed by atoms with Crippen LogP contribution in [-0.2, 0) is 0 Å². The van der Waals surface area contributed by atoms with E-state index in [1.165, 1.54) is 37.1 Å². The highest BCUT2D eigenvalue weighted by molar-refractivity contribution is 6.36. The second-order valence-corrected chi connectivity index (χ2v) is 7.27. The number of aromatic nitrogens is 1. The lowest BCUT2D eigenvalue weighted by Crippen LogP contribution is -2.08. The summed E-state index contributed by atoms with van der Waals surface area (Å²) in [4.78, 5) is 0. The predicted octanol–water partition coefficient (Wildman–Crippen LogP) is 6.59. The van der Waals surface area contributed by atoms with Crippen LogP contribution in [0.4, 0.5) is 0 Å². The van der Waals surface area contributed by atoms with Gasteiger partial charge in [0.05, 0.1) is 16.7 Å². The molecule has 0 radical (unpaired) electrons. The Morgan fingerprint density at radius 3 is 2.54 bits per heavy atom. The van der Waals surface area contributed by atoms with Gasteiger partial charge in [0.25, 0.3) is 0 Å². The van der Waals surface area contributed by atoms with Crippen LogP contribution in [0.5, 0.6) is 0 Å². The summed E-state index contributed by atoms with van der Waals surface area (Å²) in [5.41, 5.74) is 4.84. The molecule has 1 aromatic heterocycles. The van der Waals surface area contributed by atoms with Crippen LogP contribution in [0.15, 0.2) is 24.3 Å². The maximum atomic E-state index is 9.60. The molecule has 1 aromatic carbocycles. The van der Waals surface area contributed by atoms with Crippen molar-refractivity contribution >= 4 is 34.9 Å². The van der Waals surface area contributed by atoms with Crippen LogP contribution in [0.3, 0.4) is 0 Å². The van der Waals surface area contributed by atoms with E-state index < -0.39 is 0 Å². The smallest absolute Gasteiger partial charge is 0.0998 e. The number of aryl methyl sites for hydroxylation is 1. The monoisotopic (exact) mass is 358 g/mol. The standard InChI is InChI=1S/C20H20Cl2N2/c1-13-9-15(14(2)24(13)18-5-3-4-6-18)10-16(12-23)19-8-7-17(21)11-20(19)22/h7-11,18H,3-6H2,1-2H3/b16-10-. The molecule has 0 unspecified atom stereocenters. The van der Waals surface area contributed by atoms with Crippen LogP contribution in [0.1, 0.15) is 54.2 Å². The van der Waals surface area contributed by atoms with E-state index in [0.29, 0.717) is 27.2 Å². The van der Waals surface area contributed by atoms with Crippen molar-refractivity contribution in [2.75, 3.05) is 0 Å². The fourth-order valence-electron chi connectivity index (χ4n) is 3.71. The van der Waals surface area contributed by atoms with Crippen LogP contribution in [-0.4, -0.2) is 4.57 Å².